The zero-order valence-corrected chi connectivity index (χ0v) is 14.7. The summed E-state index contributed by atoms with van der Waals surface area (Å²) in [4.78, 5) is 12.0. The number of nitrogens with zero attached hydrogens (tertiary/aromatic N) is 1. The highest BCUT2D eigenvalue weighted by molar-refractivity contribution is 6.35. The van der Waals surface area contributed by atoms with Crippen molar-refractivity contribution in [3.63, 3.8) is 0 Å². The average molecular weight is 388 g/mol. The molecule has 0 aliphatic rings. The van der Waals surface area contributed by atoms with E-state index in [0.717, 1.165) is 0 Å². The van der Waals surface area contributed by atoms with Gasteiger partial charge in [0.25, 0.3) is 5.91 Å². The van der Waals surface area contributed by atoms with Gasteiger partial charge in [-0.15, -0.1) is 0 Å². The molecule has 0 fully saturated rings. The Morgan fingerprint density at radius 3 is 2.58 bits per heavy atom. The predicted molar refractivity (Wildman–Crippen MR) is 95.4 cm³/mol. The predicted octanol–water partition coefficient (Wildman–Crippen LogP) is 4.27. The maximum atomic E-state index is 12.0. The van der Waals surface area contributed by atoms with Gasteiger partial charge in [0, 0.05) is 15.6 Å². The first kappa shape index (κ1) is 18.4. The number of halogens is 3. The molecule has 0 bridgehead atoms. The summed E-state index contributed by atoms with van der Waals surface area (Å²) in [6.45, 7) is 1.55. The van der Waals surface area contributed by atoms with Gasteiger partial charge in [0.05, 0.1) is 11.2 Å². The number of hydrazone groups is 1. The molecule has 0 aliphatic carbocycles. The monoisotopic (exact) mass is 386 g/mol. The minimum Gasteiger partial charge on any atom is -0.507 e. The van der Waals surface area contributed by atoms with Crippen LogP contribution < -0.4 is 10.2 Å². The van der Waals surface area contributed by atoms with E-state index in [4.69, 9.17) is 39.5 Å². The Kier molecular flexibility index (Phi) is 6.31. The molecule has 24 heavy (non-hydrogen) atoms. The van der Waals surface area contributed by atoms with Crippen molar-refractivity contribution < 1.29 is 14.6 Å². The highest BCUT2D eigenvalue weighted by Gasteiger charge is 2.15. The summed E-state index contributed by atoms with van der Waals surface area (Å²) < 4.78 is 5.46. The van der Waals surface area contributed by atoms with Gasteiger partial charge >= 0.3 is 0 Å². The molecule has 0 saturated heterocycles. The third-order valence-electron chi connectivity index (χ3n) is 2.93. The number of phenolic OH excluding ortho intramolecular Hbond substituents is 1. The lowest BCUT2D eigenvalue weighted by Gasteiger charge is -2.14. The summed E-state index contributed by atoms with van der Waals surface area (Å²) in [5.74, 6) is -0.159. The maximum Gasteiger partial charge on any atom is 0.280 e. The molecule has 2 aromatic carbocycles. The number of aromatic hydroxyl groups is 1. The first-order valence-corrected chi connectivity index (χ1v) is 7.93. The zero-order chi connectivity index (χ0) is 17.7. The van der Waals surface area contributed by atoms with E-state index in [1.54, 1.807) is 25.1 Å². The summed E-state index contributed by atoms with van der Waals surface area (Å²) in [6.07, 6.45) is 0.440. The van der Waals surface area contributed by atoms with Crippen LogP contribution in [0.2, 0.25) is 15.1 Å². The fraction of sp³-hybridized carbons (Fsp3) is 0.125. The molecular weight excluding hydrogens is 375 g/mol. The summed E-state index contributed by atoms with van der Waals surface area (Å²) in [6, 6.07) is 9.18. The smallest absolute Gasteiger partial charge is 0.280 e. The summed E-state index contributed by atoms with van der Waals surface area (Å²) in [5, 5.41) is 14.6. The van der Waals surface area contributed by atoms with E-state index in [-0.39, 0.29) is 5.75 Å². The van der Waals surface area contributed by atoms with Crippen LogP contribution in [0.4, 0.5) is 0 Å². The van der Waals surface area contributed by atoms with Crippen LogP contribution in [0.3, 0.4) is 0 Å². The molecule has 0 spiro atoms. The number of hydrogen-bond donors (Lipinski definition) is 2. The van der Waals surface area contributed by atoms with Gasteiger partial charge in [-0.2, -0.15) is 5.10 Å². The number of amides is 1. The fourth-order valence-corrected chi connectivity index (χ4v) is 2.33. The third kappa shape index (κ3) is 5.03. The third-order valence-corrected chi connectivity index (χ3v) is 3.70. The topological polar surface area (TPSA) is 70.9 Å². The molecule has 1 amide bonds. The number of nitrogens with one attached hydrogen (secondary N) is 1. The first-order valence-electron chi connectivity index (χ1n) is 6.80. The van der Waals surface area contributed by atoms with Crippen molar-refractivity contribution in [2.75, 3.05) is 0 Å². The number of phenols is 1. The van der Waals surface area contributed by atoms with Crippen LogP contribution in [0.5, 0.6) is 11.5 Å². The normalized spacial score (nSPS) is 12.2. The Bertz CT molecular complexity index is 781. The van der Waals surface area contributed by atoms with Crippen molar-refractivity contribution >= 4 is 46.9 Å². The number of carbonyl (C=O) groups excluding carboxylic acids is 1. The number of carbonyl (C=O) groups is 1. The molecule has 1 atom stereocenters. The Morgan fingerprint density at radius 1 is 1.21 bits per heavy atom. The van der Waals surface area contributed by atoms with Crippen molar-refractivity contribution in [2.24, 2.45) is 5.10 Å². The van der Waals surface area contributed by atoms with Crippen LogP contribution in [0, 0.1) is 0 Å². The second-order valence-corrected chi connectivity index (χ2v) is 6.05. The fourth-order valence-electron chi connectivity index (χ4n) is 1.70. The average Bonchev–Trinajstić information content (AvgIpc) is 2.53. The second kappa shape index (κ2) is 8.24. The van der Waals surface area contributed by atoms with Crippen LogP contribution in [0.25, 0.3) is 0 Å². The molecule has 0 aromatic heterocycles. The second-order valence-electron chi connectivity index (χ2n) is 4.77. The number of rotatable bonds is 5. The Hall–Kier alpha value is -1.95. The SMILES string of the molecule is C[C@@H](Oc1ccc(Cl)cc1Cl)C(=O)N/N=C/c1cc(Cl)ccc1O. The lowest BCUT2D eigenvalue weighted by atomic mass is 10.2. The van der Waals surface area contributed by atoms with Crippen molar-refractivity contribution in [3.05, 3.63) is 57.0 Å². The van der Waals surface area contributed by atoms with Crippen molar-refractivity contribution in [2.45, 2.75) is 13.0 Å². The van der Waals surface area contributed by atoms with Crippen LogP contribution in [0.15, 0.2) is 41.5 Å². The molecule has 2 N–H and O–H groups in total. The Balaban J connectivity index is 1.96. The molecule has 0 saturated carbocycles. The van der Waals surface area contributed by atoms with Gasteiger partial charge in [0.15, 0.2) is 6.10 Å². The van der Waals surface area contributed by atoms with E-state index in [1.165, 1.54) is 24.4 Å². The van der Waals surface area contributed by atoms with E-state index < -0.39 is 12.0 Å². The molecule has 5 nitrogen and oxygen atoms in total. The molecule has 0 heterocycles. The molecule has 0 aliphatic heterocycles. The number of benzene rings is 2. The van der Waals surface area contributed by atoms with E-state index >= 15 is 0 Å². The lowest BCUT2D eigenvalue weighted by Crippen LogP contribution is -2.33. The summed E-state index contributed by atoms with van der Waals surface area (Å²) >= 11 is 17.6. The van der Waals surface area contributed by atoms with Crippen molar-refractivity contribution in [1.29, 1.82) is 0 Å². The van der Waals surface area contributed by atoms with Gasteiger partial charge in [-0.05, 0) is 43.3 Å². The van der Waals surface area contributed by atoms with Crippen molar-refractivity contribution in [3.8, 4) is 11.5 Å². The Morgan fingerprint density at radius 2 is 1.88 bits per heavy atom. The first-order chi connectivity index (χ1) is 11.4. The van der Waals surface area contributed by atoms with Crippen molar-refractivity contribution in [1.82, 2.24) is 5.43 Å². The number of ether oxygens (including phenoxy) is 1. The van der Waals surface area contributed by atoms with Crippen LogP contribution in [-0.2, 0) is 4.79 Å². The molecule has 2 aromatic rings. The summed E-state index contributed by atoms with van der Waals surface area (Å²) in [5.41, 5.74) is 2.68. The van der Waals surface area contributed by atoms with E-state index in [1.807, 2.05) is 0 Å². The number of hydrogen-bond acceptors (Lipinski definition) is 4. The maximum absolute atomic E-state index is 12.0. The van der Waals surface area contributed by atoms with Gasteiger partial charge in [-0.1, -0.05) is 34.8 Å². The molecule has 0 radical (unpaired) electrons. The zero-order valence-electron chi connectivity index (χ0n) is 12.5. The Labute approximate surface area is 153 Å². The van der Waals surface area contributed by atoms with Crippen LogP contribution >= 0.6 is 34.8 Å². The molecule has 126 valence electrons. The largest absolute Gasteiger partial charge is 0.507 e. The van der Waals surface area contributed by atoms with E-state index in [9.17, 15) is 9.90 Å². The highest BCUT2D eigenvalue weighted by Crippen LogP contribution is 2.28. The van der Waals surface area contributed by atoms with Gasteiger partial charge in [-0.3, -0.25) is 4.79 Å². The minimum atomic E-state index is -0.839. The van der Waals surface area contributed by atoms with E-state index in [2.05, 4.69) is 10.5 Å². The van der Waals surface area contributed by atoms with Crippen LogP contribution in [-0.4, -0.2) is 23.3 Å². The van der Waals surface area contributed by atoms with Gasteiger partial charge in [0.1, 0.15) is 11.5 Å². The van der Waals surface area contributed by atoms with Gasteiger partial charge in [-0.25, -0.2) is 5.43 Å². The lowest BCUT2D eigenvalue weighted by molar-refractivity contribution is -0.127. The standard InChI is InChI=1S/C16H13Cl3N2O3/c1-9(24-15-5-3-12(18)7-13(15)19)16(23)21-20-8-10-6-11(17)2-4-14(10)22/h2-9,22H,1H3,(H,21,23)/b20-8+/t9-/m1/s1. The minimum absolute atomic E-state index is 0.00496. The van der Waals surface area contributed by atoms with Gasteiger partial charge in [0.2, 0.25) is 0 Å². The molecule has 0 unspecified atom stereocenters. The van der Waals surface area contributed by atoms with Crippen LogP contribution in [0.1, 0.15) is 12.5 Å². The van der Waals surface area contributed by atoms with E-state index in [0.29, 0.717) is 26.4 Å². The highest BCUT2D eigenvalue weighted by atomic mass is 35.5. The molecule has 8 heteroatoms. The summed E-state index contributed by atoms with van der Waals surface area (Å²) in [7, 11) is 0. The molecular formula is C16H13Cl3N2O3. The van der Waals surface area contributed by atoms with Gasteiger partial charge < -0.3 is 9.84 Å². The molecule has 2 rings (SSSR count). The quantitative estimate of drug-likeness (QED) is 0.594.